The van der Waals surface area contributed by atoms with E-state index in [2.05, 4.69) is 43.3 Å². The lowest BCUT2D eigenvalue weighted by Crippen LogP contribution is -2.09. The first-order chi connectivity index (χ1) is 9.17. The van der Waals surface area contributed by atoms with Gasteiger partial charge in [-0.1, -0.05) is 0 Å². The molecule has 0 aromatic carbocycles. The highest BCUT2D eigenvalue weighted by molar-refractivity contribution is 9.11. The number of aromatic nitrogens is 2. The van der Waals surface area contributed by atoms with Crippen LogP contribution >= 0.6 is 27.3 Å². The number of aryl methyl sites for hydroxylation is 1. The number of nitrogens with one attached hydrogen (secondary N) is 1. The molecule has 2 heterocycles. The summed E-state index contributed by atoms with van der Waals surface area (Å²) in [6.07, 6.45) is 0.956. The fraction of sp³-hybridized carbons (Fsp3) is 0.385. The van der Waals surface area contributed by atoms with Crippen molar-refractivity contribution in [2.75, 3.05) is 18.5 Å². The van der Waals surface area contributed by atoms with Gasteiger partial charge < -0.3 is 10.1 Å². The molecule has 0 aliphatic heterocycles. The summed E-state index contributed by atoms with van der Waals surface area (Å²) in [5.74, 6) is 1.25. The van der Waals surface area contributed by atoms with Gasteiger partial charge in [-0.15, -0.1) is 11.3 Å². The molecule has 0 radical (unpaired) electrons. The lowest BCUT2D eigenvalue weighted by molar-refractivity contribution is 0.326. The number of hydrogen-bond acceptors (Lipinski definition) is 5. The molecule has 0 aliphatic carbocycles. The van der Waals surface area contributed by atoms with E-state index in [4.69, 9.17) is 4.74 Å². The van der Waals surface area contributed by atoms with E-state index in [1.807, 2.05) is 19.9 Å². The maximum Gasteiger partial charge on any atom is 0.226 e. The molecule has 0 amide bonds. The summed E-state index contributed by atoms with van der Waals surface area (Å²) in [4.78, 5) is 9.98. The smallest absolute Gasteiger partial charge is 0.226 e. The van der Waals surface area contributed by atoms with Crippen LogP contribution in [0.2, 0.25) is 0 Å². The quantitative estimate of drug-likeness (QED) is 0.870. The molecule has 2 aromatic rings. The Balaban J connectivity index is 1.91. The monoisotopic (exact) mass is 341 g/mol. The van der Waals surface area contributed by atoms with Crippen molar-refractivity contribution < 1.29 is 4.74 Å². The predicted molar refractivity (Wildman–Crippen MR) is 82.2 cm³/mol. The van der Waals surface area contributed by atoms with Crippen LogP contribution in [-0.2, 0) is 6.42 Å². The fourth-order valence-electron chi connectivity index (χ4n) is 1.62. The molecule has 2 aromatic heterocycles. The second-order valence-electron chi connectivity index (χ2n) is 3.99. The van der Waals surface area contributed by atoms with Gasteiger partial charge in [0.15, 0.2) is 0 Å². The molecule has 102 valence electrons. The van der Waals surface area contributed by atoms with Crippen LogP contribution in [0.1, 0.15) is 17.5 Å². The molecular weight excluding hydrogens is 326 g/mol. The number of anilines is 1. The van der Waals surface area contributed by atoms with E-state index in [-0.39, 0.29) is 0 Å². The molecule has 1 N–H and O–H groups in total. The summed E-state index contributed by atoms with van der Waals surface area (Å²) in [5.41, 5.74) is 0.903. The van der Waals surface area contributed by atoms with Crippen molar-refractivity contribution in [3.63, 3.8) is 0 Å². The third-order valence-electron chi connectivity index (χ3n) is 2.41. The highest BCUT2D eigenvalue weighted by atomic mass is 79.9. The summed E-state index contributed by atoms with van der Waals surface area (Å²) in [5, 5.41) is 3.23. The van der Waals surface area contributed by atoms with Crippen molar-refractivity contribution in [3.05, 3.63) is 32.6 Å². The largest absolute Gasteiger partial charge is 0.478 e. The maximum atomic E-state index is 5.40. The lowest BCUT2D eigenvalue weighted by Gasteiger charge is -2.07. The van der Waals surface area contributed by atoms with Crippen LogP contribution in [0.3, 0.4) is 0 Å². The normalized spacial score (nSPS) is 10.5. The van der Waals surface area contributed by atoms with E-state index in [1.54, 1.807) is 11.3 Å². The van der Waals surface area contributed by atoms with Crippen LogP contribution in [0.25, 0.3) is 0 Å². The minimum Gasteiger partial charge on any atom is -0.478 e. The Morgan fingerprint density at radius 1 is 1.37 bits per heavy atom. The minimum atomic E-state index is 0.610. The van der Waals surface area contributed by atoms with Gasteiger partial charge in [-0.25, -0.2) is 4.98 Å². The molecule has 0 saturated carbocycles. The van der Waals surface area contributed by atoms with Gasteiger partial charge in [0.2, 0.25) is 11.8 Å². The van der Waals surface area contributed by atoms with E-state index in [1.165, 1.54) is 4.88 Å². The predicted octanol–water partition coefficient (Wildman–Crippen LogP) is 3.66. The van der Waals surface area contributed by atoms with Crippen molar-refractivity contribution in [1.29, 1.82) is 0 Å². The fourth-order valence-corrected chi connectivity index (χ4v) is 3.11. The second-order valence-corrected chi connectivity index (χ2v) is 6.53. The van der Waals surface area contributed by atoms with E-state index in [0.29, 0.717) is 18.4 Å². The number of thiophene rings is 1. The summed E-state index contributed by atoms with van der Waals surface area (Å²) >= 11 is 5.21. The highest BCUT2D eigenvalue weighted by Gasteiger charge is 2.03. The Labute approximate surface area is 125 Å². The summed E-state index contributed by atoms with van der Waals surface area (Å²) in [6, 6.07) is 6.03. The number of rotatable bonds is 6. The van der Waals surface area contributed by atoms with Crippen molar-refractivity contribution in [1.82, 2.24) is 9.97 Å². The van der Waals surface area contributed by atoms with Crippen LogP contribution in [0.15, 0.2) is 22.0 Å². The van der Waals surface area contributed by atoms with Crippen molar-refractivity contribution in [2.24, 2.45) is 0 Å². The van der Waals surface area contributed by atoms with E-state index < -0.39 is 0 Å². The molecule has 0 saturated heterocycles. The molecule has 0 atom stereocenters. The molecule has 4 nitrogen and oxygen atoms in total. The van der Waals surface area contributed by atoms with Crippen LogP contribution in [0, 0.1) is 6.92 Å². The van der Waals surface area contributed by atoms with Gasteiger partial charge in [0.1, 0.15) is 0 Å². The van der Waals surface area contributed by atoms with Crippen LogP contribution in [0.5, 0.6) is 5.88 Å². The molecule has 6 heteroatoms. The van der Waals surface area contributed by atoms with Gasteiger partial charge in [0.05, 0.1) is 10.4 Å². The van der Waals surface area contributed by atoms with E-state index >= 15 is 0 Å². The Morgan fingerprint density at radius 3 is 2.89 bits per heavy atom. The SMILES string of the molecule is CCOc1cc(C)nc(NCCc2ccc(Br)s2)n1. The van der Waals surface area contributed by atoms with Crippen molar-refractivity contribution in [2.45, 2.75) is 20.3 Å². The third kappa shape index (κ3) is 4.47. The molecule has 0 unspecified atom stereocenters. The van der Waals surface area contributed by atoms with E-state index in [9.17, 15) is 0 Å². The van der Waals surface area contributed by atoms with Gasteiger partial charge in [-0.3, -0.25) is 0 Å². The number of hydrogen-bond donors (Lipinski definition) is 1. The number of nitrogens with zero attached hydrogens (tertiary/aromatic N) is 2. The average Bonchev–Trinajstić information content (AvgIpc) is 2.75. The summed E-state index contributed by atoms with van der Waals surface area (Å²) in [6.45, 7) is 5.30. The summed E-state index contributed by atoms with van der Waals surface area (Å²) in [7, 11) is 0. The average molecular weight is 342 g/mol. The van der Waals surface area contributed by atoms with Gasteiger partial charge in [-0.05, 0) is 48.3 Å². The van der Waals surface area contributed by atoms with Crippen LogP contribution < -0.4 is 10.1 Å². The summed E-state index contributed by atoms with van der Waals surface area (Å²) < 4.78 is 6.56. The first-order valence-corrected chi connectivity index (χ1v) is 7.75. The first-order valence-electron chi connectivity index (χ1n) is 6.14. The molecule has 19 heavy (non-hydrogen) atoms. The molecule has 0 spiro atoms. The van der Waals surface area contributed by atoms with Gasteiger partial charge >= 0.3 is 0 Å². The second kappa shape index (κ2) is 6.86. The topological polar surface area (TPSA) is 47.0 Å². The Kier molecular flexibility index (Phi) is 5.15. The minimum absolute atomic E-state index is 0.610. The molecule has 0 fully saturated rings. The van der Waals surface area contributed by atoms with E-state index in [0.717, 1.165) is 22.4 Å². The molecule has 0 aliphatic rings. The van der Waals surface area contributed by atoms with Gasteiger partial charge in [0.25, 0.3) is 0 Å². The van der Waals surface area contributed by atoms with Crippen LogP contribution in [-0.4, -0.2) is 23.1 Å². The Hall–Kier alpha value is -1.14. The Morgan fingerprint density at radius 2 is 2.21 bits per heavy atom. The number of ether oxygens (including phenoxy) is 1. The third-order valence-corrected chi connectivity index (χ3v) is 4.09. The highest BCUT2D eigenvalue weighted by Crippen LogP contribution is 2.22. The lowest BCUT2D eigenvalue weighted by atomic mass is 10.3. The van der Waals surface area contributed by atoms with Crippen molar-refractivity contribution in [3.8, 4) is 5.88 Å². The van der Waals surface area contributed by atoms with Gasteiger partial charge in [0, 0.05) is 23.2 Å². The molecule has 2 rings (SSSR count). The van der Waals surface area contributed by atoms with Gasteiger partial charge in [-0.2, -0.15) is 4.98 Å². The molecule has 0 bridgehead atoms. The zero-order chi connectivity index (χ0) is 13.7. The number of halogens is 1. The first kappa shape index (κ1) is 14.3. The van der Waals surface area contributed by atoms with Crippen LogP contribution in [0.4, 0.5) is 5.95 Å². The van der Waals surface area contributed by atoms with Crippen molar-refractivity contribution >= 4 is 33.2 Å². The molecular formula is C13H16BrN3OS. The maximum absolute atomic E-state index is 5.40. The zero-order valence-electron chi connectivity index (χ0n) is 10.9. The standard InChI is InChI=1S/C13H16BrN3OS/c1-3-18-12-8-9(2)16-13(17-12)15-7-6-10-4-5-11(14)19-10/h4-5,8H,3,6-7H2,1-2H3,(H,15,16,17). The Bertz CT molecular complexity index is 544. The zero-order valence-corrected chi connectivity index (χ0v) is 13.3.